The molecule has 0 fully saturated rings. The van der Waals surface area contributed by atoms with Gasteiger partial charge in [0, 0.05) is 5.69 Å². The second-order valence-electron chi connectivity index (χ2n) is 3.97. The van der Waals surface area contributed by atoms with Crippen LogP contribution in [0.2, 0.25) is 0 Å². The van der Waals surface area contributed by atoms with Gasteiger partial charge in [0.05, 0.1) is 16.0 Å². The summed E-state index contributed by atoms with van der Waals surface area (Å²) in [5.74, 6) is -0.489. The standard InChI is InChI=1S/C13H12BrNO4S2/c1-2-19-13(16)9-4-3-5-10(8-9)15-21(17,18)12-7-6-11(14)20-12/h3-8,15H,2H2,1H3. The first-order valence-electron chi connectivity index (χ1n) is 5.97. The van der Waals surface area contributed by atoms with E-state index in [1.165, 1.54) is 12.1 Å². The first kappa shape index (κ1) is 16.0. The number of benzene rings is 1. The number of hydrogen-bond donors (Lipinski definition) is 1. The molecule has 112 valence electrons. The van der Waals surface area contributed by atoms with Gasteiger partial charge in [0.2, 0.25) is 0 Å². The number of halogens is 1. The van der Waals surface area contributed by atoms with Crippen molar-refractivity contribution in [3.63, 3.8) is 0 Å². The minimum Gasteiger partial charge on any atom is -0.462 e. The number of anilines is 1. The van der Waals surface area contributed by atoms with Crippen molar-refractivity contribution >= 4 is 48.9 Å². The van der Waals surface area contributed by atoms with E-state index < -0.39 is 16.0 Å². The van der Waals surface area contributed by atoms with Crippen LogP contribution in [-0.2, 0) is 14.8 Å². The number of sulfonamides is 1. The second kappa shape index (κ2) is 6.59. The molecule has 0 saturated heterocycles. The average molecular weight is 390 g/mol. The average Bonchev–Trinajstić information content (AvgIpc) is 2.86. The van der Waals surface area contributed by atoms with Crippen molar-refractivity contribution in [3.8, 4) is 0 Å². The topological polar surface area (TPSA) is 72.5 Å². The maximum absolute atomic E-state index is 12.2. The number of thiophene rings is 1. The van der Waals surface area contributed by atoms with Crippen LogP contribution in [0.4, 0.5) is 5.69 Å². The highest BCUT2D eigenvalue weighted by Crippen LogP contribution is 2.27. The first-order valence-corrected chi connectivity index (χ1v) is 9.07. The number of esters is 1. The van der Waals surface area contributed by atoms with Crippen LogP contribution in [0.3, 0.4) is 0 Å². The van der Waals surface area contributed by atoms with Crippen LogP contribution < -0.4 is 4.72 Å². The molecule has 1 aromatic heterocycles. The Labute approximate surface area is 135 Å². The molecule has 1 aromatic carbocycles. The van der Waals surface area contributed by atoms with Gasteiger partial charge in [0.15, 0.2) is 0 Å². The van der Waals surface area contributed by atoms with E-state index >= 15 is 0 Å². The fourth-order valence-electron chi connectivity index (χ4n) is 1.57. The van der Waals surface area contributed by atoms with E-state index in [1.54, 1.807) is 31.2 Å². The summed E-state index contributed by atoms with van der Waals surface area (Å²) in [7, 11) is -3.66. The minimum absolute atomic E-state index is 0.191. The molecular formula is C13H12BrNO4S2. The molecule has 8 heteroatoms. The van der Waals surface area contributed by atoms with Gasteiger partial charge >= 0.3 is 5.97 Å². The van der Waals surface area contributed by atoms with Gasteiger partial charge < -0.3 is 4.74 Å². The van der Waals surface area contributed by atoms with Gasteiger partial charge in [-0.2, -0.15) is 0 Å². The number of carbonyl (C=O) groups is 1. The quantitative estimate of drug-likeness (QED) is 0.794. The van der Waals surface area contributed by atoms with Crippen molar-refractivity contribution < 1.29 is 17.9 Å². The van der Waals surface area contributed by atoms with Crippen LogP contribution in [0, 0.1) is 0 Å². The largest absolute Gasteiger partial charge is 0.462 e. The molecule has 0 amide bonds. The molecule has 0 bridgehead atoms. The van der Waals surface area contributed by atoms with Crippen LogP contribution in [0.15, 0.2) is 44.4 Å². The van der Waals surface area contributed by atoms with E-state index in [1.807, 2.05) is 0 Å². The third-order valence-corrected chi connectivity index (χ3v) is 5.94. The van der Waals surface area contributed by atoms with Crippen molar-refractivity contribution in [3.05, 3.63) is 45.7 Å². The van der Waals surface area contributed by atoms with Gasteiger partial charge in [-0.25, -0.2) is 13.2 Å². The van der Waals surface area contributed by atoms with E-state index in [2.05, 4.69) is 20.7 Å². The molecule has 1 N–H and O–H groups in total. The number of nitrogens with one attached hydrogen (secondary N) is 1. The Hall–Kier alpha value is -1.38. The smallest absolute Gasteiger partial charge is 0.338 e. The van der Waals surface area contributed by atoms with Crippen LogP contribution in [0.5, 0.6) is 0 Å². The maximum atomic E-state index is 12.2. The summed E-state index contributed by atoms with van der Waals surface area (Å²) < 4.78 is 32.6. The molecule has 0 atom stereocenters. The highest BCUT2D eigenvalue weighted by atomic mass is 79.9. The normalized spacial score (nSPS) is 11.1. The third-order valence-electron chi connectivity index (χ3n) is 2.44. The summed E-state index contributed by atoms with van der Waals surface area (Å²) in [5.41, 5.74) is 0.606. The van der Waals surface area contributed by atoms with Crippen molar-refractivity contribution in [1.82, 2.24) is 0 Å². The molecule has 0 spiro atoms. The highest BCUT2D eigenvalue weighted by Gasteiger charge is 2.17. The predicted molar refractivity (Wildman–Crippen MR) is 85.2 cm³/mol. The monoisotopic (exact) mass is 389 g/mol. The Morgan fingerprint density at radius 2 is 2.10 bits per heavy atom. The number of hydrogen-bond acceptors (Lipinski definition) is 5. The van der Waals surface area contributed by atoms with E-state index in [9.17, 15) is 13.2 Å². The number of carbonyl (C=O) groups excluding carboxylic acids is 1. The highest BCUT2D eigenvalue weighted by molar-refractivity contribution is 9.11. The molecule has 2 aromatic rings. The Morgan fingerprint density at radius 3 is 2.71 bits per heavy atom. The van der Waals surface area contributed by atoms with Crippen molar-refractivity contribution in [1.29, 1.82) is 0 Å². The molecule has 0 saturated carbocycles. The molecule has 2 rings (SSSR count). The van der Waals surface area contributed by atoms with E-state index in [4.69, 9.17) is 4.74 Å². The van der Waals surface area contributed by atoms with Gasteiger partial charge in [0.25, 0.3) is 10.0 Å². The lowest BCUT2D eigenvalue weighted by Gasteiger charge is -2.08. The third kappa shape index (κ3) is 4.05. The summed E-state index contributed by atoms with van der Waals surface area (Å²) in [6.45, 7) is 1.97. The molecule has 0 aliphatic rings. The van der Waals surface area contributed by atoms with E-state index in [-0.39, 0.29) is 10.8 Å². The van der Waals surface area contributed by atoms with Crippen molar-refractivity contribution in [2.24, 2.45) is 0 Å². The fraction of sp³-hybridized carbons (Fsp3) is 0.154. The van der Waals surface area contributed by atoms with Crippen LogP contribution in [0.25, 0.3) is 0 Å². The van der Waals surface area contributed by atoms with Crippen LogP contribution >= 0.6 is 27.3 Å². The molecule has 0 aliphatic carbocycles. The molecule has 0 unspecified atom stereocenters. The summed E-state index contributed by atoms with van der Waals surface area (Å²) in [6, 6.07) is 9.34. The van der Waals surface area contributed by atoms with Crippen molar-refractivity contribution in [2.45, 2.75) is 11.1 Å². The summed E-state index contributed by atoms with van der Waals surface area (Å²) in [4.78, 5) is 11.6. The Morgan fingerprint density at radius 1 is 1.33 bits per heavy atom. The SMILES string of the molecule is CCOC(=O)c1cccc(NS(=O)(=O)c2ccc(Br)s2)c1. The first-order chi connectivity index (χ1) is 9.92. The van der Waals surface area contributed by atoms with Gasteiger partial charge in [-0.15, -0.1) is 11.3 Å². The Bertz CT molecular complexity index is 755. The van der Waals surface area contributed by atoms with Gasteiger partial charge in [-0.1, -0.05) is 6.07 Å². The minimum atomic E-state index is -3.66. The van der Waals surface area contributed by atoms with Gasteiger partial charge in [0.1, 0.15) is 4.21 Å². The number of ether oxygens (including phenoxy) is 1. The molecule has 21 heavy (non-hydrogen) atoms. The summed E-state index contributed by atoms with van der Waals surface area (Å²) in [6.07, 6.45) is 0. The lowest BCUT2D eigenvalue weighted by molar-refractivity contribution is 0.0526. The van der Waals surface area contributed by atoms with E-state index in [0.29, 0.717) is 11.3 Å². The maximum Gasteiger partial charge on any atom is 0.338 e. The second-order valence-corrected chi connectivity index (χ2v) is 8.34. The molecule has 1 heterocycles. The molecule has 0 radical (unpaired) electrons. The van der Waals surface area contributed by atoms with Gasteiger partial charge in [-0.3, -0.25) is 4.72 Å². The Kier molecular flexibility index (Phi) is 5.02. The zero-order valence-corrected chi connectivity index (χ0v) is 14.2. The zero-order valence-electron chi connectivity index (χ0n) is 11.0. The lowest BCUT2D eigenvalue weighted by Crippen LogP contribution is -2.12. The van der Waals surface area contributed by atoms with Crippen LogP contribution in [0.1, 0.15) is 17.3 Å². The van der Waals surface area contributed by atoms with Crippen molar-refractivity contribution in [2.75, 3.05) is 11.3 Å². The van der Waals surface area contributed by atoms with E-state index in [0.717, 1.165) is 15.1 Å². The Balaban J connectivity index is 2.24. The molecule has 5 nitrogen and oxygen atoms in total. The lowest BCUT2D eigenvalue weighted by atomic mass is 10.2. The van der Waals surface area contributed by atoms with Crippen LogP contribution in [-0.4, -0.2) is 21.0 Å². The predicted octanol–water partition coefficient (Wildman–Crippen LogP) is 3.49. The molecular weight excluding hydrogens is 378 g/mol. The molecule has 0 aliphatic heterocycles. The fourth-order valence-corrected chi connectivity index (χ4v) is 4.63. The van der Waals surface area contributed by atoms with Gasteiger partial charge in [-0.05, 0) is 53.2 Å². The summed E-state index contributed by atoms with van der Waals surface area (Å²) >= 11 is 4.33. The zero-order chi connectivity index (χ0) is 15.5. The number of rotatable bonds is 5. The summed E-state index contributed by atoms with van der Waals surface area (Å²) in [5, 5.41) is 0.